The number of carbonyl (C=O) groups excluding carboxylic acids is 2. The summed E-state index contributed by atoms with van der Waals surface area (Å²) in [7, 11) is 0. The second-order valence-electron chi connectivity index (χ2n) is 10.0. The summed E-state index contributed by atoms with van der Waals surface area (Å²) >= 11 is 0. The van der Waals surface area contributed by atoms with Crippen LogP contribution in [0.3, 0.4) is 0 Å². The third-order valence-electron chi connectivity index (χ3n) is 7.26. The van der Waals surface area contributed by atoms with Crippen LogP contribution in [-0.2, 0) is 16.0 Å². The average molecular weight is 440 g/mol. The maximum absolute atomic E-state index is 12.9. The number of hydrogen-bond donors (Lipinski definition) is 0. The lowest BCUT2D eigenvalue weighted by molar-refractivity contribution is -0.134. The number of nitrogens with zero attached hydrogens (tertiary/aromatic N) is 5. The summed E-state index contributed by atoms with van der Waals surface area (Å²) in [6.45, 7) is 13.8. The SMILES string of the molecule is CCC(=O)N1CCC(c2cc3nc(C)c(CCC(=O)N4CC(C)CC(C)C4)c(C)n3n2)C1. The lowest BCUT2D eigenvalue weighted by Crippen LogP contribution is -2.42. The molecule has 0 aliphatic carbocycles. The molecule has 2 saturated heterocycles. The summed E-state index contributed by atoms with van der Waals surface area (Å²) in [5.74, 6) is 1.87. The van der Waals surface area contributed by atoms with E-state index in [4.69, 9.17) is 10.1 Å². The van der Waals surface area contributed by atoms with Gasteiger partial charge in [-0.05, 0) is 50.5 Å². The van der Waals surface area contributed by atoms with Crippen LogP contribution in [0.1, 0.15) is 75.0 Å². The Morgan fingerprint density at radius 3 is 2.47 bits per heavy atom. The van der Waals surface area contributed by atoms with Crippen LogP contribution in [0.5, 0.6) is 0 Å². The summed E-state index contributed by atoms with van der Waals surface area (Å²) in [6, 6.07) is 2.07. The van der Waals surface area contributed by atoms with E-state index in [0.29, 0.717) is 31.1 Å². The minimum atomic E-state index is 0.214. The van der Waals surface area contributed by atoms with Gasteiger partial charge in [-0.3, -0.25) is 9.59 Å². The molecule has 0 spiro atoms. The Labute approximate surface area is 191 Å². The van der Waals surface area contributed by atoms with E-state index in [1.807, 2.05) is 28.2 Å². The number of aryl methyl sites for hydroxylation is 2. The lowest BCUT2D eigenvalue weighted by atomic mass is 9.91. The summed E-state index contributed by atoms with van der Waals surface area (Å²) in [5.41, 5.74) is 5.02. The van der Waals surface area contributed by atoms with Crippen molar-refractivity contribution < 1.29 is 9.59 Å². The smallest absolute Gasteiger partial charge is 0.222 e. The molecule has 7 nitrogen and oxygen atoms in total. The van der Waals surface area contributed by atoms with Crippen LogP contribution in [0.2, 0.25) is 0 Å². The molecular weight excluding hydrogens is 402 g/mol. The zero-order valence-electron chi connectivity index (χ0n) is 20.2. The molecule has 3 unspecified atom stereocenters. The Hall–Kier alpha value is -2.44. The highest BCUT2D eigenvalue weighted by atomic mass is 16.2. The molecule has 32 heavy (non-hydrogen) atoms. The van der Waals surface area contributed by atoms with Crippen molar-refractivity contribution in [1.82, 2.24) is 24.4 Å². The molecule has 0 saturated carbocycles. The summed E-state index contributed by atoms with van der Waals surface area (Å²) in [5, 5.41) is 4.87. The van der Waals surface area contributed by atoms with Gasteiger partial charge in [0, 0.05) is 62.4 Å². The zero-order chi connectivity index (χ0) is 23.0. The van der Waals surface area contributed by atoms with E-state index in [1.54, 1.807) is 0 Å². The molecule has 0 bridgehead atoms. The Morgan fingerprint density at radius 2 is 1.78 bits per heavy atom. The van der Waals surface area contributed by atoms with Crippen molar-refractivity contribution in [1.29, 1.82) is 0 Å². The van der Waals surface area contributed by atoms with E-state index in [2.05, 4.69) is 26.8 Å². The first-order chi connectivity index (χ1) is 15.3. The van der Waals surface area contributed by atoms with Crippen LogP contribution in [0.4, 0.5) is 0 Å². The molecule has 7 heteroatoms. The van der Waals surface area contributed by atoms with Gasteiger partial charge in [-0.25, -0.2) is 9.50 Å². The Kier molecular flexibility index (Phi) is 6.54. The van der Waals surface area contributed by atoms with Crippen molar-refractivity contribution in [2.45, 2.75) is 72.6 Å². The van der Waals surface area contributed by atoms with Gasteiger partial charge in [0.1, 0.15) is 0 Å². The van der Waals surface area contributed by atoms with Crippen LogP contribution < -0.4 is 0 Å². The van der Waals surface area contributed by atoms with E-state index in [9.17, 15) is 9.59 Å². The molecule has 0 aromatic carbocycles. The van der Waals surface area contributed by atoms with E-state index in [-0.39, 0.29) is 17.7 Å². The van der Waals surface area contributed by atoms with E-state index in [0.717, 1.165) is 60.9 Å². The van der Waals surface area contributed by atoms with Gasteiger partial charge in [0.25, 0.3) is 0 Å². The molecule has 2 amide bonds. The summed E-state index contributed by atoms with van der Waals surface area (Å²) < 4.78 is 1.93. The molecular formula is C25H37N5O2. The highest BCUT2D eigenvalue weighted by Crippen LogP contribution is 2.28. The van der Waals surface area contributed by atoms with Crippen molar-refractivity contribution in [3.8, 4) is 0 Å². The largest absolute Gasteiger partial charge is 0.342 e. The topological polar surface area (TPSA) is 70.8 Å². The third-order valence-corrected chi connectivity index (χ3v) is 7.26. The van der Waals surface area contributed by atoms with Crippen molar-refractivity contribution in [3.63, 3.8) is 0 Å². The van der Waals surface area contributed by atoms with E-state index >= 15 is 0 Å². The molecule has 2 aliphatic rings. The molecule has 4 rings (SSSR count). The normalized spacial score (nSPS) is 23.8. The van der Waals surface area contributed by atoms with Gasteiger partial charge in [-0.1, -0.05) is 20.8 Å². The molecule has 174 valence electrons. The van der Waals surface area contributed by atoms with Gasteiger partial charge in [0.15, 0.2) is 5.65 Å². The minimum absolute atomic E-state index is 0.214. The monoisotopic (exact) mass is 439 g/mol. The maximum Gasteiger partial charge on any atom is 0.222 e. The average Bonchev–Trinajstić information content (AvgIpc) is 3.39. The minimum Gasteiger partial charge on any atom is -0.342 e. The highest BCUT2D eigenvalue weighted by Gasteiger charge is 2.29. The third kappa shape index (κ3) is 4.52. The van der Waals surface area contributed by atoms with Gasteiger partial charge in [-0.15, -0.1) is 0 Å². The first kappa shape index (κ1) is 22.7. The first-order valence-corrected chi connectivity index (χ1v) is 12.2. The number of carbonyl (C=O) groups is 2. The van der Waals surface area contributed by atoms with Crippen molar-refractivity contribution in [2.75, 3.05) is 26.2 Å². The van der Waals surface area contributed by atoms with Crippen LogP contribution in [-0.4, -0.2) is 62.4 Å². The summed E-state index contributed by atoms with van der Waals surface area (Å²) in [4.78, 5) is 33.7. The van der Waals surface area contributed by atoms with Crippen molar-refractivity contribution in [3.05, 3.63) is 28.7 Å². The second-order valence-corrected chi connectivity index (χ2v) is 10.0. The molecule has 2 aliphatic heterocycles. The van der Waals surface area contributed by atoms with Gasteiger partial charge in [0.2, 0.25) is 11.8 Å². The van der Waals surface area contributed by atoms with E-state index in [1.165, 1.54) is 6.42 Å². The fourth-order valence-electron chi connectivity index (χ4n) is 5.61. The Balaban J connectivity index is 1.48. The van der Waals surface area contributed by atoms with Crippen molar-refractivity contribution >= 4 is 17.5 Å². The molecule has 0 N–H and O–H groups in total. The maximum atomic E-state index is 12.9. The predicted octanol–water partition coefficient (Wildman–Crippen LogP) is 3.51. The van der Waals surface area contributed by atoms with Gasteiger partial charge < -0.3 is 9.80 Å². The second kappa shape index (κ2) is 9.20. The number of likely N-dealkylation sites (tertiary alicyclic amines) is 2. The first-order valence-electron chi connectivity index (χ1n) is 12.2. The molecule has 2 aromatic heterocycles. The van der Waals surface area contributed by atoms with Crippen molar-refractivity contribution in [2.24, 2.45) is 11.8 Å². The van der Waals surface area contributed by atoms with Crippen LogP contribution in [0.25, 0.3) is 5.65 Å². The fourth-order valence-corrected chi connectivity index (χ4v) is 5.61. The van der Waals surface area contributed by atoms with Gasteiger partial charge >= 0.3 is 0 Å². The number of hydrogen-bond acceptors (Lipinski definition) is 4. The molecule has 3 atom stereocenters. The van der Waals surface area contributed by atoms with Gasteiger partial charge in [-0.2, -0.15) is 5.10 Å². The quantitative estimate of drug-likeness (QED) is 0.715. The molecule has 2 aromatic rings. The number of amides is 2. The summed E-state index contributed by atoms with van der Waals surface area (Å²) in [6.07, 6.45) is 3.90. The van der Waals surface area contributed by atoms with Crippen LogP contribution in [0.15, 0.2) is 6.07 Å². The number of aromatic nitrogens is 3. The van der Waals surface area contributed by atoms with Crippen LogP contribution >= 0.6 is 0 Å². The fraction of sp³-hybridized carbons (Fsp3) is 0.680. The lowest BCUT2D eigenvalue weighted by Gasteiger charge is -2.35. The molecule has 4 heterocycles. The predicted molar refractivity (Wildman–Crippen MR) is 125 cm³/mol. The Morgan fingerprint density at radius 1 is 1.06 bits per heavy atom. The van der Waals surface area contributed by atoms with Gasteiger partial charge in [0.05, 0.1) is 5.69 Å². The number of fused-ring (bicyclic) bond motifs is 1. The number of piperidine rings is 1. The number of rotatable bonds is 5. The standard InChI is InChI=1S/C25H37N5O2/c1-6-24(31)28-10-9-20(15-28)22-12-23-26-18(4)21(19(5)30(23)27-22)7-8-25(32)29-13-16(2)11-17(3)14-29/h12,16-17,20H,6-11,13-15H2,1-5H3. The van der Waals surface area contributed by atoms with Crippen LogP contribution in [0, 0.1) is 25.7 Å². The highest BCUT2D eigenvalue weighted by molar-refractivity contribution is 5.77. The Bertz CT molecular complexity index is 1000. The molecule has 0 radical (unpaired) electrons. The van der Waals surface area contributed by atoms with E-state index < -0.39 is 0 Å². The molecule has 2 fully saturated rings. The zero-order valence-corrected chi connectivity index (χ0v) is 20.2.